The molecule has 0 atom stereocenters. The standard InChI is InChI=1S/C30H26ClF5/c1-2-3-4-19-14-25(32)24(26(33)15-19)12-7-18-6-11-23-22(13-18)10-9-21(30(23)36)8-5-20-16-27(34)29(31)28(35)17-20/h6,9-11,13-17H,2-5,7-8,12H2,1H3. The molecule has 0 saturated heterocycles. The molecule has 0 aromatic heterocycles. The number of halogens is 6. The smallest absolute Gasteiger partial charge is 0.145 e. The van der Waals surface area contributed by atoms with E-state index >= 15 is 4.39 Å². The molecule has 0 amide bonds. The molecule has 0 radical (unpaired) electrons. The van der Waals surface area contributed by atoms with Crippen LogP contribution in [0.4, 0.5) is 22.0 Å². The van der Waals surface area contributed by atoms with Crippen LogP contribution in [0.25, 0.3) is 10.8 Å². The van der Waals surface area contributed by atoms with Gasteiger partial charge in [0.2, 0.25) is 0 Å². The zero-order chi connectivity index (χ0) is 25.8. The van der Waals surface area contributed by atoms with Crippen molar-refractivity contribution in [3.05, 3.63) is 117 Å². The Balaban J connectivity index is 1.46. The number of benzene rings is 4. The minimum atomic E-state index is -0.842. The van der Waals surface area contributed by atoms with Crippen molar-refractivity contribution in [1.82, 2.24) is 0 Å². The van der Waals surface area contributed by atoms with Crippen LogP contribution in [0.15, 0.2) is 54.6 Å². The van der Waals surface area contributed by atoms with Gasteiger partial charge in [-0.1, -0.05) is 55.3 Å². The van der Waals surface area contributed by atoms with Gasteiger partial charge < -0.3 is 0 Å². The van der Waals surface area contributed by atoms with E-state index in [1.54, 1.807) is 24.3 Å². The SMILES string of the molecule is CCCCc1cc(F)c(CCc2ccc3c(F)c(CCc4cc(F)c(Cl)c(F)c4)ccc3c2)c(F)c1. The van der Waals surface area contributed by atoms with Gasteiger partial charge in [0.15, 0.2) is 0 Å². The number of unbranched alkanes of at least 4 members (excludes halogenated alkanes) is 1. The van der Waals surface area contributed by atoms with Crippen molar-refractivity contribution in [2.24, 2.45) is 0 Å². The quantitative estimate of drug-likeness (QED) is 0.154. The number of aryl methyl sites for hydroxylation is 4. The van der Waals surface area contributed by atoms with Crippen molar-refractivity contribution >= 4 is 22.4 Å². The fourth-order valence-corrected chi connectivity index (χ4v) is 4.56. The maximum atomic E-state index is 15.1. The van der Waals surface area contributed by atoms with E-state index in [1.165, 1.54) is 12.1 Å². The second-order valence-electron chi connectivity index (χ2n) is 9.11. The van der Waals surface area contributed by atoms with Crippen LogP contribution in [-0.2, 0) is 32.1 Å². The zero-order valence-corrected chi connectivity index (χ0v) is 20.7. The molecule has 0 spiro atoms. The first-order valence-electron chi connectivity index (χ1n) is 12.1. The van der Waals surface area contributed by atoms with Gasteiger partial charge in [-0.3, -0.25) is 0 Å². The molecule has 0 fully saturated rings. The molecule has 0 aliphatic carbocycles. The summed E-state index contributed by atoms with van der Waals surface area (Å²) in [4.78, 5) is 0. The number of rotatable bonds is 9. The normalized spacial score (nSPS) is 11.4. The van der Waals surface area contributed by atoms with Crippen LogP contribution < -0.4 is 0 Å². The van der Waals surface area contributed by atoms with E-state index in [-0.39, 0.29) is 24.8 Å². The molecule has 0 N–H and O–H groups in total. The third-order valence-corrected chi connectivity index (χ3v) is 6.87. The maximum Gasteiger partial charge on any atom is 0.145 e. The largest absolute Gasteiger partial charge is 0.207 e. The molecule has 6 heteroatoms. The highest BCUT2D eigenvalue weighted by molar-refractivity contribution is 6.30. The summed E-state index contributed by atoms with van der Waals surface area (Å²) in [6, 6.07) is 13.8. The van der Waals surface area contributed by atoms with Crippen LogP contribution in [0, 0.1) is 29.1 Å². The fraction of sp³-hybridized carbons (Fsp3) is 0.267. The molecule has 0 bridgehead atoms. The lowest BCUT2D eigenvalue weighted by Crippen LogP contribution is -2.02. The van der Waals surface area contributed by atoms with Crippen molar-refractivity contribution in [1.29, 1.82) is 0 Å². The Labute approximate surface area is 212 Å². The Hall–Kier alpha value is -2.92. The topological polar surface area (TPSA) is 0 Å². The second-order valence-corrected chi connectivity index (χ2v) is 9.49. The molecule has 188 valence electrons. The molecular weight excluding hydrogens is 491 g/mol. The molecule has 36 heavy (non-hydrogen) atoms. The summed E-state index contributed by atoms with van der Waals surface area (Å²) < 4.78 is 71.5. The number of hydrogen-bond donors (Lipinski definition) is 0. The molecule has 4 aromatic carbocycles. The summed E-state index contributed by atoms with van der Waals surface area (Å²) in [5, 5.41) is 0.538. The fourth-order valence-electron chi connectivity index (χ4n) is 4.46. The summed E-state index contributed by atoms with van der Waals surface area (Å²) >= 11 is 5.52. The van der Waals surface area contributed by atoms with Gasteiger partial charge in [-0.05, 0) is 90.4 Å². The van der Waals surface area contributed by atoms with Crippen molar-refractivity contribution in [3.8, 4) is 0 Å². The molecule has 4 aromatic rings. The Morgan fingerprint density at radius 2 is 1.22 bits per heavy atom. The van der Waals surface area contributed by atoms with Crippen LogP contribution in [0.2, 0.25) is 5.02 Å². The third kappa shape index (κ3) is 5.89. The maximum absolute atomic E-state index is 15.1. The summed E-state index contributed by atoms with van der Waals surface area (Å²) in [5.41, 5.74) is 2.39. The average Bonchev–Trinajstić information content (AvgIpc) is 2.85. The highest BCUT2D eigenvalue weighted by Crippen LogP contribution is 2.26. The first kappa shape index (κ1) is 26.2. The highest BCUT2D eigenvalue weighted by atomic mass is 35.5. The lowest BCUT2D eigenvalue weighted by Gasteiger charge is -2.11. The predicted octanol–water partition coefficient (Wildman–Crippen LogP) is 9.10. The molecule has 4 rings (SSSR count). The Morgan fingerprint density at radius 3 is 1.89 bits per heavy atom. The van der Waals surface area contributed by atoms with Crippen molar-refractivity contribution in [2.75, 3.05) is 0 Å². The predicted molar refractivity (Wildman–Crippen MR) is 135 cm³/mol. The second kappa shape index (κ2) is 11.4. The van der Waals surface area contributed by atoms with Crippen molar-refractivity contribution in [3.63, 3.8) is 0 Å². The molecule has 0 saturated carbocycles. The van der Waals surface area contributed by atoms with E-state index in [9.17, 15) is 17.6 Å². The van der Waals surface area contributed by atoms with E-state index in [2.05, 4.69) is 0 Å². The third-order valence-electron chi connectivity index (χ3n) is 6.51. The van der Waals surface area contributed by atoms with Crippen LogP contribution >= 0.6 is 11.6 Å². The minimum absolute atomic E-state index is 0.0620. The molecule has 0 unspecified atom stereocenters. The highest BCUT2D eigenvalue weighted by Gasteiger charge is 2.14. The van der Waals surface area contributed by atoms with Gasteiger partial charge in [0.1, 0.15) is 34.1 Å². The Kier molecular flexibility index (Phi) is 8.30. The molecular formula is C30H26ClF5. The van der Waals surface area contributed by atoms with Crippen LogP contribution in [0.1, 0.15) is 47.6 Å². The number of fused-ring (bicyclic) bond motifs is 1. The molecule has 0 aliphatic rings. The van der Waals surface area contributed by atoms with E-state index in [1.807, 2.05) is 13.0 Å². The van der Waals surface area contributed by atoms with Gasteiger partial charge in [0.25, 0.3) is 0 Å². The van der Waals surface area contributed by atoms with Gasteiger partial charge in [0.05, 0.1) is 0 Å². The van der Waals surface area contributed by atoms with E-state index in [0.717, 1.165) is 30.5 Å². The van der Waals surface area contributed by atoms with E-state index in [0.29, 0.717) is 40.3 Å². The van der Waals surface area contributed by atoms with Crippen LogP contribution in [0.5, 0.6) is 0 Å². The van der Waals surface area contributed by atoms with Crippen LogP contribution in [-0.4, -0.2) is 0 Å². The first-order valence-corrected chi connectivity index (χ1v) is 12.4. The summed E-state index contributed by atoms with van der Waals surface area (Å²) in [7, 11) is 0. The molecule has 0 aliphatic heterocycles. The van der Waals surface area contributed by atoms with Crippen molar-refractivity contribution < 1.29 is 22.0 Å². The van der Waals surface area contributed by atoms with Gasteiger partial charge >= 0.3 is 0 Å². The summed E-state index contributed by atoms with van der Waals surface area (Å²) in [5.74, 6) is -3.14. The minimum Gasteiger partial charge on any atom is -0.207 e. The Bertz CT molecular complexity index is 1350. The lowest BCUT2D eigenvalue weighted by molar-refractivity contribution is 0.550. The van der Waals surface area contributed by atoms with Gasteiger partial charge in [-0.25, -0.2) is 22.0 Å². The Morgan fingerprint density at radius 1 is 0.611 bits per heavy atom. The monoisotopic (exact) mass is 516 g/mol. The summed E-state index contributed by atoms with van der Waals surface area (Å²) in [6.45, 7) is 2.03. The van der Waals surface area contributed by atoms with Gasteiger partial charge in [-0.15, -0.1) is 0 Å². The van der Waals surface area contributed by atoms with Crippen LogP contribution in [0.3, 0.4) is 0 Å². The van der Waals surface area contributed by atoms with Gasteiger partial charge in [-0.2, -0.15) is 0 Å². The van der Waals surface area contributed by atoms with E-state index < -0.39 is 34.1 Å². The average molecular weight is 517 g/mol. The molecule has 0 heterocycles. The van der Waals surface area contributed by atoms with E-state index in [4.69, 9.17) is 11.6 Å². The summed E-state index contributed by atoms with van der Waals surface area (Å²) in [6.07, 6.45) is 3.61. The molecule has 0 nitrogen and oxygen atoms in total. The lowest BCUT2D eigenvalue weighted by atomic mass is 9.96. The number of hydrogen-bond acceptors (Lipinski definition) is 0. The first-order chi connectivity index (χ1) is 17.3. The van der Waals surface area contributed by atoms with Crippen molar-refractivity contribution in [2.45, 2.75) is 51.9 Å². The zero-order valence-electron chi connectivity index (χ0n) is 19.9. The van der Waals surface area contributed by atoms with Gasteiger partial charge in [0, 0.05) is 10.9 Å².